The Kier molecular flexibility index (Phi) is 6.11. The Morgan fingerprint density at radius 2 is 1.92 bits per heavy atom. The number of hydrogen-bond acceptors (Lipinski definition) is 8. The van der Waals surface area contributed by atoms with Crippen LogP contribution in [0.5, 0.6) is 5.75 Å². The Morgan fingerprint density at radius 3 is 2.73 bits per heavy atom. The van der Waals surface area contributed by atoms with E-state index in [9.17, 15) is 8.78 Å². The molecule has 8 nitrogen and oxygen atoms in total. The molecule has 0 unspecified atom stereocenters. The molecule has 37 heavy (non-hydrogen) atoms. The Balaban J connectivity index is 1.30. The molecule has 1 aromatic carbocycles. The molecular formula is C27H28F2N6O2. The maximum atomic E-state index is 15.0. The molecule has 0 amide bonds. The van der Waals surface area contributed by atoms with Gasteiger partial charge in [-0.2, -0.15) is 4.98 Å². The van der Waals surface area contributed by atoms with Crippen molar-refractivity contribution in [1.29, 1.82) is 0 Å². The molecule has 0 atom stereocenters. The van der Waals surface area contributed by atoms with Crippen LogP contribution in [0.3, 0.4) is 0 Å². The van der Waals surface area contributed by atoms with Crippen molar-refractivity contribution in [2.45, 2.75) is 38.6 Å². The first-order valence-electron chi connectivity index (χ1n) is 12.6. The van der Waals surface area contributed by atoms with E-state index in [1.807, 2.05) is 30.9 Å². The molecule has 2 aliphatic heterocycles. The number of ether oxygens (including phenoxy) is 1. The highest BCUT2D eigenvalue weighted by Gasteiger charge is 2.26. The largest absolute Gasteiger partial charge is 0.486 e. The highest BCUT2D eigenvalue weighted by atomic mass is 19.1. The smallest absolute Gasteiger partial charge is 0.229 e. The second kappa shape index (κ2) is 9.59. The van der Waals surface area contributed by atoms with E-state index in [1.165, 1.54) is 6.07 Å². The van der Waals surface area contributed by atoms with Gasteiger partial charge in [0.15, 0.2) is 17.4 Å². The van der Waals surface area contributed by atoms with Gasteiger partial charge in [0.25, 0.3) is 0 Å². The van der Waals surface area contributed by atoms with Crippen molar-refractivity contribution in [3.63, 3.8) is 0 Å². The summed E-state index contributed by atoms with van der Waals surface area (Å²) in [5, 5.41) is 7.31. The number of pyridine rings is 1. The number of rotatable bonds is 5. The highest BCUT2D eigenvalue weighted by molar-refractivity contribution is 5.77. The average molecular weight is 507 g/mol. The Hall–Kier alpha value is -3.79. The molecule has 4 aromatic rings. The summed E-state index contributed by atoms with van der Waals surface area (Å²) in [5.41, 5.74) is 1.39. The van der Waals surface area contributed by atoms with Crippen molar-refractivity contribution >= 4 is 28.6 Å². The first-order valence-corrected chi connectivity index (χ1v) is 12.6. The van der Waals surface area contributed by atoms with Gasteiger partial charge >= 0.3 is 0 Å². The topological polar surface area (TPSA) is 88.3 Å². The van der Waals surface area contributed by atoms with Gasteiger partial charge in [-0.1, -0.05) is 0 Å². The van der Waals surface area contributed by atoms with Crippen LogP contribution in [0.4, 0.5) is 26.2 Å². The van der Waals surface area contributed by atoms with Gasteiger partial charge in [-0.3, -0.25) is 0 Å². The fourth-order valence-electron chi connectivity index (χ4n) is 5.03. The standard InChI is InChI=1S/C27H28F2N6O2/c1-15(2)35-9-10-36-25-19(28)11-18(12-21(25)35)24-20(29)14-31-27(34-24)33-23-4-3-17-13-22(37-26(17)32-23)16-5-7-30-8-6-16/h3-4,11-16,30H,5-10H2,1-2H3,(H,31,32,33,34). The minimum atomic E-state index is -0.654. The minimum Gasteiger partial charge on any atom is -0.486 e. The molecule has 1 saturated heterocycles. The summed E-state index contributed by atoms with van der Waals surface area (Å²) < 4.78 is 41.4. The van der Waals surface area contributed by atoms with E-state index in [0.717, 1.165) is 43.3 Å². The Morgan fingerprint density at radius 1 is 1.08 bits per heavy atom. The lowest BCUT2D eigenvalue weighted by Crippen LogP contribution is -2.38. The van der Waals surface area contributed by atoms with E-state index in [-0.39, 0.29) is 23.4 Å². The third kappa shape index (κ3) is 4.57. The van der Waals surface area contributed by atoms with Gasteiger partial charge in [0, 0.05) is 22.9 Å². The molecule has 0 radical (unpaired) electrons. The summed E-state index contributed by atoms with van der Waals surface area (Å²) >= 11 is 0. The summed E-state index contributed by atoms with van der Waals surface area (Å²) in [5.74, 6) is 0.893. The SMILES string of the molecule is CC(C)N1CCOc2c(F)cc(-c3nc(Nc4ccc5cc(C6CCNCC6)oc5n4)ncc3F)cc21. The molecule has 0 spiro atoms. The number of benzene rings is 1. The van der Waals surface area contributed by atoms with Crippen molar-refractivity contribution in [1.82, 2.24) is 20.3 Å². The zero-order chi connectivity index (χ0) is 25.5. The quantitative estimate of drug-likeness (QED) is 0.373. The summed E-state index contributed by atoms with van der Waals surface area (Å²) in [7, 11) is 0. The highest BCUT2D eigenvalue weighted by Crippen LogP contribution is 2.39. The van der Waals surface area contributed by atoms with Gasteiger partial charge in [0.1, 0.15) is 23.9 Å². The minimum absolute atomic E-state index is 0.0132. The zero-order valence-electron chi connectivity index (χ0n) is 20.7. The van der Waals surface area contributed by atoms with Crippen LogP contribution in [-0.4, -0.2) is 47.2 Å². The number of furan rings is 1. The summed E-state index contributed by atoms with van der Waals surface area (Å²) in [6, 6.07) is 8.84. The fraction of sp³-hybridized carbons (Fsp3) is 0.370. The lowest BCUT2D eigenvalue weighted by molar-refractivity contribution is 0.287. The molecule has 0 aliphatic carbocycles. The summed E-state index contributed by atoms with van der Waals surface area (Å²) in [4.78, 5) is 15.0. The van der Waals surface area contributed by atoms with Crippen LogP contribution in [0.15, 0.2) is 40.9 Å². The van der Waals surface area contributed by atoms with Crippen LogP contribution < -0.4 is 20.3 Å². The van der Waals surface area contributed by atoms with Crippen LogP contribution in [-0.2, 0) is 0 Å². The zero-order valence-corrected chi connectivity index (χ0v) is 20.7. The number of aromatic nitrogens is 3. The predicted octanol–water partition coefficient (Wildman–Crippen LogP) is 5.38. The van der Waals surface area contributed by atoms with E-state index in [1.54, 1.807) is 12.1 Å². The molecule has 3 aromatic heterocycles. The summed E-state index contributed by atoms with van der Waals surface area (Å²) in [6.07, 6.45) is 3.13. The van der Waals surface area contributed by atoms with Crippen LogP contribution in [0.2, 0.25) is 0 Å². The number of fused-ring (bicyclic) bond motifs is 2. The first kappa shape index (κ1) is 23.6. The monoisotopic (exact) mass is 506 g/mol. The molecule has 192 valence electrons. The number of hydrogen-bond donors (Lipinski definition) is 2. The number of piperidine rings is 1. The second-order valence-electron chi connectivity index (χ2n) is 9.72. The molecule has 0 saturated carbocycles. The van der Waals surface area contributed by atoms with E-state index in [0.29, 0.717) is 41.9 Å². The van der Waals surface area contributed by atoms with Gasteiger partial charge in [0.05, 0.1) is 18.4 Å². The molecular weight excluding hydrogens is 478 g/mol. The van der Waals surface area contributed by atoms with Gasteiger partial charge in [-0.05, 0) is 70.1 Å². The van der Waals surface area contributed by atoms with Crippen molar-refractivity contribution in [3.8, 4) is 17.0 Å². The Bertz CT molecular complexity index is 1450. The van der Waals surface area contributed by atoms with Crippen LogP contribution in [0, 0.1) is 11.6 Å². The molecule has 5 heterocycles. The van der Waals surface area contributed by atoms with Crippen LogP contribution >= 0.6 is 0 Å². The third-order valence-electron chi connectivity index (χ3n) is 6.94. The van der Waals surface area contributed by atoms with E-state index >= 15 is 0 Å². The van der Waals surface area contributed by atoms with Crippen LogP contribution in [0.25, 0.3) is 22.4 Å². The normalized spacial score (nSPS) is 16.2. The molecule has 10 heteroatoms. The molecule has 2 N–H and O–H groups in total. The molecule has 0 bridgehead atoms. The van der Waals surface area contributed by atoms with Gasteiger partial charge in [-0.15, -0.1) is 0 Å². The first-order chi connectivity index (χ1) is 18.0. The maximum Gasteiger partial charge on any atom is 0.229 e. The van der Waals surface area contributed by atoms with Crippen molar-refractivity contribution in [2.24, 2.45) is 0 Å². The summed E-state index contributed by atoms with van der Waals surface area (Å²) in [6.45, 7) is 7.00. The van der Waals surface area contributed by atoms with E-state index in [4.69, 9.17) is 9.15 Å². The number of nitrogens with one attached hydrogen (secondary N) is 2. The van der Waals surface area contributed by atoms with Crippen LogP contribution in [0.1, 0.15) is 38.4 Å². The lowest BCUT2D eigenvalue weighted by Gasteiger charge is -2.34. The maximum absolute atomic E-state index is 15.0. The number of halogens is 2. The molecule has 6 rings (SSSR count). The average Bonchev–Trinajstić information content (AvgIpc) is 3.33. The van der Waals surface area contributed by atoms with E-state index in [2.05, 4.69) is 25.6 Å². The van der Waals surface area contributed by atoms with E-state index < -0.39 is 11.6 Å². The second-order valence-corrected chi connectivity index (χ2v) is 9.72. The number of anilines is 3. The molecule has 2 aliphatic rings. The van der Waals surface area contributed by atoms with Gasteiger partial charge in [0.2, 0.25) is 11.7 Å². The predicted molar refractivity (Wildman–Crippen MR) is 137 cm³/mol. The lowest BCUT2D eigenvalue weighted by atomic mass is 9.95. The number of nitrogens with zero attached hydrogens (tertiary/aromatic N) is 4. The van der Waals surface area contributed by atoms with Gasteiger partial charge < -0.3 is 24.7 Å². The third-order valence-corrected chi connectivity index (χ3v) is 6.94. The molecule has 1 fully saturated rings. The Labute approximate surface area is 213 Å². The fourth-order valence-corrected chi connectivity index (χ4v) is 5.03. The van der Waals surface area contributed by atoms with Crippen molar-refractivity contribution in [2.75, 3.05) is 36.5 Å². The van der Waals surface area contributed by atoms with Crippen molar-refractivity contribution < 1.29 is 17.9 Å². The van der Waals surface area contributed by atoms with Crippen molar-refractivity contribution in [3.05, 3.63) is 53.9 Å². The van der Waals surface area contributed by atoms with Gasteiger partial charge in [-0.25, -0.2) is 18.7 Å².